The van der Waals surface area contributed by atoms with Crippen LogP contribution in [-0.4, -0.2) is 101 Å². The normalized spacial score (nSPS) is 22.0. The lowest BCUT2D eigenvalue weighted by Crippen LogP contribution is -2.67. The quantitative estimate of drug-likeness (QED) is 0.118. The summed E-state index contributed by atoms with van der Waals surface area (Å²) in [6.45, 7) is 17.3. The molecule has 13 heteroatoms. The van der Waals surface area contributed by atoms with Crippen LogP contribution in [0.3, 0.4) is 0 Å². The second kappa shape index (κ2) is 17.8. The molecule has 4 aliphatic rings. The molecule has 2 bridgehead atoms. The van der Waals surface area contributed by atoms with Crippen LogP contribution in [0.15, 0.2) is 97.2 Å². The van der Waals surface area contributed by atoms with Crippen LogP contribution in [0.25, 0.3) is 32.9 Å². The minimum absolute atomic E-state index is 0.0900. The van der Waals surface area contributed by atoms with Crippen LogP contribution in [0.2, 0.25) is 5.04 Å². The van der Waals surface area contributed by atoms with Crippen LogP contribution < -0.4 is 20.0 Å². The Kier molecular flexibility index (Phi) is 12.1. The molecule has 4 atom stereocenters. The molecule has 0 aliphatic carbocycles. The van der Waals surface area contributed by atoms with Gasteiger partial charge < -0.3 is 18.8 Å². The summed E-state index contributed by atoms with van der Waals surface area (Å²) in [7, 11) is -2.76. The molecule has 10 nitrogen and oxygen atoms in total. The Balaban J connectivity index is 0.986. The maximum absolute atomic E-state index is 17.5. The average Bonchev–Trinajstić information content (AvgIpc) is 3.97. The lowest BCUT2D eigenvalue weighted by molar-refractivity contribution is 0.0122. The maximum atomic E-state index is 17.5. The monoisotopic (exact) mass is 938 g/mol. The highest BCUT2D eigenvalue weighted by Gasteiger charge is 2.54. The van der Waals surface area contributed by atoms with E-state index in [4.69, 9.17) is 28.9 Å². The molecule has 4 fully saturated rings. The number of carbonyl (C=O) groups is 1. The van der Waals surface area contributed by atoms with E-state index in [1.54, 1.807) is 18.3 Å². The number of amides is 1. The van der Waals surface area contributed by atoms with Gasteiger partial charge in [-0.15, -0.1) is 0 Å². The predicted octanol–water partition coefficient (Wildman–Crippen LogP) is 10.2. The number of fused-ring (bicyclic) bond motifs is 5. The van der Waals surface area contributed by atoms with E-state index in [-0.39, 0.29) is 57.8 Å². The summed E-state index contributed by atoms with van der Waals surface area (Å²) in [4.78, 5) is 34.9. The highest BCUT2D eigenvalue weighted by atomic mass is 28.4. The molecule has 356 valence electrons. The van der Waals surface area contributed by atoms with Crippen LogP contribution in [0.1, 0.15) is 92.6 Å². The summed E-state index contributed by atoms with van der Waals surface area (Å²) in [6.07, 6.45) is 7.28. The number of halogens is 2. The Hall–Kier alpha value is -5.50. The first kappa shape index (κ1) is 46.2. The maximum Gasteiger partial charge on any atom is 0.410 e. The van der Waals surface area contributed by atoms with E-state index in [2.05, 4.69) is 91.2 Å². The van der Waals surface area contributed by atoms with Gasteiger partial charge in [-0.05, 0) is 110 Å². The van der Waals surface area contributed by atoms with Crippen LogP contribution in [0.4, 0.5) is 19.4 Å². The van der Waals surface area contributed by atoms with Gasteiger partial charge in [0.15, 0.2) is 5.82 Å². The lowest BCUT2D eigenvalue weighted by Gasteiger charge is -2.44. The second-order valence-electron chi connectivity index (χ2n) is 21.5. The van der Waals surface area contributed by atoms with Gasteiger partial charge in [-0.2, -0.15) is 9.97 Å². The van der Waals surface area contributed by atoms with Gasteiger partial charge >= 0.3 is 12.1 Å². The molecular weight excluding hydrogens is 875 g/mol. The van der Waals surface area contributed by atoms with Crippen LogP contribution >= 0.6 is 0 Å². The van der Waals surface area contributed by atoms with Crippen molar-refractivity contribution in [1.82, 2.24) is 24.8 Å². The molecule has 4 aromatic carbocycles. The smallest absolute Gasteiger partial charge is 0.410 e. The first-order valence-corrected chi connectivity index (χ1v) is 26.5. The van der Waals surface area contributed by atoms with Gasteiger partial charge in [0.1, 0.15) is 35.1 Å². The lowest BCUT2D eigenvalue weighted by atomic mass is 9.95. The highest BCUT2D eigenvalue weighted by Crippen LogP contribution is 2.45. The zero-order valence-corrected chi connectivity index (χ0v) is 41.5. The number of rotatable bonds is 11. The molecular formula is C55H64F2N6O4Si. The summed E-state index contributed by atoms with van der Waals surface area (Å²) in [5.74, 6) is -0.434. The van der Waals surface area contributed by atoms with Crippen molar-refractivity contribution >= 4 is 52.3 Å². The average molecular weight is 939 g/mol. The number of benzene rings is 4. The zero-order valence-electron chi connectivity index (χ0n) is 40.5. The molecule has 6 aromatic rings. The number of aryl methyl sites for hydroxylation is 1. The number of piperazine rings is 1. The van der Waals surface area contributed by atoms with Crippen molar-refractivity contribution in [2.24, 2.45) is 0 Å². The molecule has 2 aromatic heterocycles. The number of nitrogens with zero attached hydrogens (tertiary/aromatic N) is 6. The van der Waals surface area contributed by atoms with Crippen LogP contribution in [0, 0.1) is 11.6 Å². The highest BCUT2D eigenvalue weighted by molar-refractivity contribution is 6.99. The molecule has 0 N–H and O–H groups in total. The fraction of sp³-hybridized carbons (Fsp3) is 0.455. The Morgan fingerprint density at radius 2 is 1.53 bits per heavy atom. The van der Waals surface area contributed by atoms with Gasteiger partial charge in [-0.3, -0.25) is 14.8 Å². The van der Waals surface area contributed by atoms with Crippen molar-refractivity contribution in [2.45, 2.75) is 128 Å². The Morgan fingerprint density at radius 1 is 0.838 bits per heavy atom. The number of aromatic nitrogens is 3. The standard InChI is InChI=1S/C55H64F2N6O4Si/c1-8-42-45(56)26-23-36-17-15-22-43(46(36)42)48-47(57)49-44(31-58-48)50(61-32-37-24-25-38(33-61)63(37)52(64)67-53(2,3)4)60-51(59-49)65-35-55-28-16-30-62(55)39(27-29-55)34-66-68(54(5,6)7,40-18-11-9-12-19-40)41-20-13-10-14-21-41/h9-15,17-23,26,31,37-39H,8,16,24-25,27-30,32-35H2,1-7H3/t37-,38+,39-,55-/m0/s1. The fourth-order valence-electron chi connectivity index (χ4n) is 12.1. The zero-order chi connectivity index (χ0) is 47.6. The largest absolute Gasteiger partial charge is 0.461 e. The number of carbonyl (C=O) groups excluding carboxylic acids is 1. The summed E-state index contributed by atoms with van der Waals surface area (Å²) in [5.41, 5.74) is 0.309. The molecule has 0 unspecified atom stereocenters. The number of ether oxygens (including phenoxy) is 2. The van der Waals surface area contributed by atoms with Crippen molar-refractivity contribution in [3.8, 4) is 17.3 Å². The third kappa shape index (κ3) is 8.11. The number of anilines is 1. The van der Waals surface area contributed by atoms with E-state index < -0.39 is 19.7 Å². The Labute approximate surface area is 400 Å². The van der Waals surface area contributed by atoms with Crippen molar-refractivity contribution in [2.75, 3.05) is 37.7 Å². The van der Waals surface area contributed by atoms with Gasteiger partial charge in [-0.1, -0.05) is 113 Å². The van der Waals surface area contributed by atoms with E-state index in [1.165, 1.54) is 16.4 Å². The SMILES string of the molecule is CCc1c(F)ccc2cccc(-c3ncc4c(N5C[C@H]6CC[C@@H](C5)N6C(=O)OC(C)(C)C)nc(OC[C@@]56CCCN5[C@H](CO[Si](c5ccccc5)(c5ccccc5)C(C)(C)C)CC6)nc4c3F)c12. The third-order valence-electron chi connectivity index (χ3n) is 15.1. The van der Waals surface area contributed by atoms with Crippen LogP contribution in [-0.2, 0) is 15.6 Å². The number of hydrogen-bond donors (Lipinski definition) is 0. The minimum Gasteiger partial charge on any atom is -0.461 e. The number of pyridine rings is 1. The molecule has 1 amide bonds. The van der Waals surface area contributed by atoms with Crippen molar-refractivity contribution in [3.05, 3.63) is 114 Å². The van der Waals surface area contributed by atoms with Gasteiger partial charge in [-0.25, -0.2) is 13.6 Å². The van der Waals surface area contributed by atoms with E-state index >= 15 is 8.78 Å². The molecule has 6 heterocycles. The Morgan fingerprint density at radius 3 is 2.18 bits per heavy atom. The summed E-state index contributed by atoms with van der Waals surface area (Å²) in [5, 5.41) is 4.28. The Bertz CT molecular complexity index is 2790. The van der Waals surface area contributed by atoms with E-state index in [1.807, 2.05) is 44.7 Å². The van der Waals surface area contributed by atoms with Gasteiger partial charge in [0.05, 0.1) is 29.6 Å². The van der Waals surface area contributed by atoms with Crippen molar-refractivity contribution in [3.63, 3.8) is 0 Å². The summed E-state index contributed by atoms with van der Waals surface area (Å²) in [6, 6.07) is 30.4. The van der Waals surface area contributed by atoms with Gasteiger partial charge in [0, 0.05) is 30.9 Å². The molecule has 68 heavy (non-hydrogen) atoms. The summed E-state index contributed by atoms with van der Waals surface area (Å²) < 4.78 is 53.0. The first-order chi connectivity index (χ1) is 32.6. The molecule has 10 rings (SSSR count). The summed E-state index contributed by atoms with van der Waals surface area (Å²) >= 11 is 0. The van der Waals surface area contributed by atoms with Crippen molar-refractivity contribution < 1.29 is 27.5 Å². The third-order valence-corrected chi connectivity index (χ3v) is 20.2. The van der Waals surface area contributed by atoms with E-state index in [0.29, 0.717) is 60.4 Å². The molecule has 0 radical (unpaired) electrons. The van der Waals surface area contributed by atoms with Gasteiger partial charge in [0.25, 0.3) is 8.32 Å². The molecule has 0 spiro atoms. The van der Waals surface area contributed by atoms with E-state index in [0.717, 1.165) is 50.5 Å². The topological polar surface area (TPSA) is 93.2 Å². The number of hydrogen-bond acceptors (Lipinski definition) is 9. The molecule has 4 aliphatic heterocycles. The molecule has 0 saturated carbocycles. The van der Waals surface area contributed by atoms with Crippen molar-refractivity contribution in [1.29, 1.82) is 0 Å². The molecule has 4 saturated heterocycles. The minimum atomic E-state index is -2.76. The first-order valence-electron chi connectivity index (χ1n) is 24.6. The second-order valence-corrected chi connectivity index (χ2v) is 25.8. The predicted molar refractivity (Wildman–Crippen MR) is 267 cm³/mol. The van der Waals surface area contributed by atoms with E-state index in [9.17, 15) is 4.79 Å². The van der Waals surface area contributed by atoms with Gasteiger partial charge in [0.2, 0.25) is 0 Å². The van der Waals surface area contributed by atoms with Crippen LogP contribution in [0.5, 0.6) is 6.01 Å². The fourth-order valence-corrected chi connectivity index (χ4v) is 16.7.